The van der Waals surface area contributed by atoms with E-state index in [2.05, 4.69) is 22.2 Å². The summed E-state index contributed by atoms with van der Waals surface area (Å²) in [6.07, 6.45) is 7.67. The number of piperidine rings is 1. The van der Waals surface area contributed by atoms with Crippen molar-refractivity contribution >= 4 is 5.91 Å². The van der Waals surface area contributed by atoms with Gasteiger partial charge in [-0.15, -0.1) is 0 Å². The SMILES string of the molecule is Cc1cnn(CC(=O)N2CCC[C@@H](c3[nH]ncc3C)C2)c1. The van der Waals surface area contributed by atoms with Crippen LogP contribution in [0, 0.1) is 13.8 Å². The Morgan fingerprint density at radius 3 is 2.95 bits per heavy atom. The zero-order chi connectivity index (χ0) is 14.8. The number of hydrogen-bond acceptors (Lipinski definition) is 3. The van der Waals surface area contributed by atoms with Crippen molar-refractivity contribution in [2.75, 3.05) is 13.1 Å². The summed E-state index contributed by atoms with van der Waals surface area (Å²) in [5.41, 5.74) is 3.42. The van der Waals surface area contributed by atoms with Gasteiger partial charge < -0.3 is 4.90 Å². The molecule has 0 aliphatic carbocycles. The zero-order valence-corrected chi connectivity index (χ0v) is 12.5. The monoisotopic (exact) mass is 287 g/mol. The number of nitrogens with one attached hydrogen (secondary N) is 1. The maximum absolute atomic E-state index is 12.4. The van der Waals surface area contributed by atoms with Gasteiger partial charge in [0.1, 0.15) is 6.54 Å². The second-order valence-electron chi connectivity index (χ2n) is 5.86. The van der Waals surface area contributed by atoms with Crippen molar-refractivity contribution in [1.29, 1.82) is 0 Å². The molecular weight excluding hydrogens is 266 g/mol. The van der Waals surface area contributed by atoms with Crippen molar-refractivity contribution < 1.29 is 4.79 Å². The molecule has 1 atom stereocenters. The molecule has 0 aromatic carbocycles. The second-order valence-corrected chi connectivity index (χ2v) is 5.86. The highest BCUT2D eigenvalue weighted by molar-refractivity contribution is 5.76. The summed E-state index contributed by atoms with van der Waals surface area (Å²) in [6.45, 7) is 5.96. The predicted octanol–water partition coefficient (Wildman–Crippen LogP) is 1.63. The number of nitrogens with zero attached hydrogens (tertiary/aromatic N) is 4. The molecule has 1 N–H and O–H groups in total. The molecule has 1 amide bonds. The summed E-state index contributed by atoms with van der Waals surface area (Å²) in [4.78, 5) is 14.4. The van der Waals surface area contributed by atoms with E-state index in [-0.39, 0.29) is 5.91 Å². The van der Waals surface area contributed by atoms with Gasteiger partial charge in [-0.05, 0) is 37.8 Å². The highest BCUT2D eigenvalue weighted by Crippen LogP contribution is 2.27. The third kappa shape index (κ3) is 2.99. The number of carbonyl (C=O) groups excluding carboxylic acids is 1. The lowest BCUT2D eigenvalue weighted by molar-refractivity contribution is -0.133. The minimum Gasteiger partial charge on any atom is -0.340 e. The summed E-state index contributed by atoms with van der Waals surface area (Å²) in [5.74, 6) is 0.504. The maximum atomic E-state index is 12.4. The van der Waals surface area contributed by atoms with Gasteiger partial charge in [0.05, 0.1) is 12.4 Å². The highest BCUT2D eigenvalue weighted by atomic mass is 16.2. The third-order valence-electron chi connectivity index (χ3n) is 4.11. The van der Waals surface area contributed by atoms with Crippen LogP contribution in [0.2, 0.25) is 0 Å². The molecule has 1 aliphatic rings. The molecule has 0 spiro atoms. The van der Waals surface area contributed by atoms with Gasteiger partial charge in [-0.25, -0.2) is 0 Å². The molecule has 0 bridgehead atoms. The second kappa shape index (κ2) is 5.71. The van der Waals surface area contributed by atoms with Crippen LogP contribution in [0.5, 0.6) is 0 Å². The summed E-state index contributed by atoms with van der Waals surface area (Å²) >= 11 is 0. The van der Waals surface area contributed by atoms with Crippen molar-refractivity contribution in [3.8, 4) is 0 Å². The quantitative estimate of drug-likeness (QED) is 0.933. The predicted molar refractivity (Wildman–Crippen MR) is 78.8 cm³/mol. The molecule has 1 aliphatic heterocycles. The minimum atomic E-state index is 0.139. The van der Waals surface area contributed by atoms with E-state index in [0.717, 1.165) is 31.5 Å². The van der Waals surface area contributed by atoms with Crippen molar-refractivity contribution in [2.24, 2.45) is 0 Å². The van der Waals surface area contributed by atoms with E-state index in [4.69, 9.17) is 0 Å². The van der Waals surface area contributed by atoms with Gasteiger partial charge in [0.2, 0.25) is 5.91 Å². The van der Waals surface area contributed by atoms with E-state index in [0.29, 0.717) is 12.5 Å². The van der Waals surface area contributed by atoms with E-state index >= 15 is 0 Å². The number of aromatic amines is 1. The Bertz CT molecular complexity index is 630. The number of aromatic nitrogens is 4. The molecule has 3 rings (SSSR count). The van der Waals surface area contributed by atoms with Gasteiger partial charge in [-0.3, -0.25) is 14.6 Å². The molecule has 1 fully saturated rings. The molecule has 0 radical (unpaired) electrons. The molecule has 0 saturated carbocycles. The Balaban J connectivity index is 1.65. The first kappa shape index (κ1) is 13.9. The van der Waals surface area contributed by atoms with Crippen molar-refractivity contribution in [3.63, 3.8) is 0 Å². The van der Waals surface area contributed by atoms with Crippen LogP contribution in [0.15, 0.2) is 18.6 Å². The largest absolute Gasteiger partial charge is 0.340 e. The first-order chi connectivity index (χ1) is 10.1. The Labute approximate surface area is 124 Å². The summed E-state index contributed by atoms with van der Waals surface area (Å²) in [5, 5.41) is 11.4. The average molecular weight is 287 g/mol. The van der Waals surface area contributed by atoms with Crippen LogP contribution in [0.25, 0.3) is 0 Å². The lowest BCUT2D eigenvalue weighted by Gasteiger charge is -2.32. The van der Waals surface area contributed by atoms with E-state index in [1.165, 1.54) is 11.3 Å². The van der Waals surface area contributed by atoms with Crippen LogP contribution in [-0.4, -0.2) is 43.9 Å². The lowest BCUT2D eigenvalue weighted by atomic mass is 9.93. The zero-order valence-electron chi connectivity index (χ0n) is 12.5. The fraction of sp³-hybridized carbons (Fsp3) is 0.533. The van der Waals surface area contributed by atoms with E-state index in [1.54, 1.807) is 10.9 Å². The van der Waals surface area contributed by atoms with Gasteiger partial charge in [0.15, 0.2) is 0 Å². The molecule has 1 saturated heterocycles. The van der Waals surface area contributed by atoms with Crippen molar-refractivity contribution in [2.45, 2.75) is 39.2 Å². The number of likely N-dealkylation sites (tertiary alicyclic amines) is 1. The molecule has 2 aromatic rings. The highest BCUT2D eigenvalue weighted by Gasteiger charge is 2.26. The molecule has 2 aromatic heterocycles. The maximum Gasteiger partial charge on any atom is 0.244 e. The van der Waals surface area contributed by atoms with E-state index in [9.17, 15) is 4.79 Å². The van der Waals surface area contributed by atoms with Gasteiger partial charge in [-0.2, -0.15) is 10.2 Å². The Hall–Kier alpha value is -2.11. The number of amides is 1. The lowest BCUT2D eigenvalue weighted by Crippen LogP contribution is -2.41. The first-order valence-electron chi connectivity index (χ1n) is 7.40. The minimum absolute atomic E-state index is 0.139. The molecule has 3 heterocycles. The van der Waals surface area contributed by atoms with Gasteiger partial charge in [-0.1, -0.05) is 0 Å². The molecular formula is C15H21N5O. The van der Waals surface area contributed by atoms with Gasteiger partial charge in [0.25, 0.3) is 0 Å². The van der Waals surface area contributed by atoms with Crippen molar-refractivity contribution in [3.05, 3.63) is 35.4 Å². The molecule has 6 nitrogen and oxygen atoms in total. The summed E-state index contributed by atoms with van der Waals surface area (Å²) in [6, 6.07) is 0. The fourth-order valence-corrected chi connectivity index (χ4v) is 3.00. The Morgan fingerprint density at radius 2 is 2.29 bits per heavy atom. The van der Waals surface area contributed by atoms with Gasteiger partial charge >= 0.3 is 0 Å². The molecule has 21 heavy (non-hydrogen) atoms. The smallest absolute Gasteiger partial charge is 0.244 e. The van der Waals surface area contributed by atoms with Crippen LogP contribution < -0.4 is 0 Å². The van der Waals surface area contributed by atoms with Crippen LogP contribution in [0.4, 0.5) is 0 Å². The van der Waals surface area contributed by atoms with E-state index in [1.807, 2.05) is 24.2 Å². The van der Waals surface area contributed by atoms with Crippen LogP contribution in [0.3, 0.4) is 0 Å². The molecule has 0 unspecified atom stereocenters. The summed E-state index contributed by atoms with van der Waals surface area (Å²) in [7, 11) is 0. The van der Waals surface area contributed by atoms with Crippen LogP contribution in [0.1, 0.15) is 35.6 Å². The van der Waals surface area contributed by atoms with Crippen LogP contribution >= 0.6 is 0 Å². The molecule has 112 valence electrons. The normalized spacial score (nSPS) is 19.0. The van der Waals surface area contributed by atoms with E-state index < -0.39 is 0 Å². The Morgan fingerprint density at radius 1 is 1.43 bits per heavy atom. The number of H-pyrrole nitrogens is 1. The standard InChI is InChI=1S/C15H21N5O/c1-11-6-17-20(8-11)10-14(21)19-5-3-4-13(9-19)15-12(2)7-16-18-15/h6-8,13H,3-5,9-10H2,1-2H3,(H,16,18)/t13-/m1/s1. The fourth-order valence-electron chi connectivity index (χ4n) is 3.00. The molecule has 6 heteroatoms. The third-order valence-corrected chi connectivity index (χ3v) is 4.11. The topological polar surface area (TPSA) is 66.8 Å². The van der Waals surface area contributed by atoms with Crippen LogP contribution in [-0.2, 0) is 11.3 Å². The number of rotatable bonds is 3. The number of hydrogen-bond donors (Lipinski definition) is 1. The average Bonchev–Trinajstić information content (AvgIpc) is 3.07. The number of carbonyl (C=O) groups is 1. The number of aryl methyl sites for hydroxylation is 2. The van der Waals surface area contributed by atoms with Gasteiger partial charge in [0, 0.05) is 30.9 Å². The Kier molecular flexibility index (Phi) is 3.77. The van der Waals surface area contributed by atoms with Crippen molar-refractivity contribution in [1.82, 2.24) is 24.9 Å². The summed E-state index contributed by atoms with van der Waals surface area (Å²) < 4.78 is 1.71. The first-order valence-corrected chi connectivity index (χ1v) is 7.40.